The van der Waals surface area contributed by atoms with Crippen molar-refractivity contribution < 1.29 is 13.2 Å². The fourth-order valence-electron chi connectivity index (χ4n) is 4.34. The molecular weight excluding hydrogens is 300 g/mol. The largest absolute Gasteiger partial charge is 0.353 e. The summed E-state index contributed by atoms with van der Waals surface area (Å²) in [6, 6.07) is 0.296. The summed E-state index contributed by atoms with van der Waals surface area (Å²) in [6.45, 7) is 0.233. The van der Waals surface area contributed by atoms with Crippen LogP contribution in [0.3, 0.4) is 0 Å². The van der Waals surface area contributed by atoms with E-state index < -0.39 is 10.0 Å². The van der Waals surface area contributed by atoms with Crippen LogP contribution in [0.4, 0.5) is 0 Å². The second-order valence-corrected chi connectivity index (χ2v) is 9.09. The normalized spacial score (nSPS) is 32.3. The van der Waals surface area contributed by atoms with Crippen LogP contribution in [0.1, 0.15) is 64.2 Å². The van der Waals surface area contributed by atoms with Gasteiger partial charge in [-0.2, -0.15) is 0 Å². The van der Waals surface area contributed by atoms with Gasteiger partial charge in [0.25, 0.3) is 0 Å². The van der Waals surface area contributed by atoms with Gasteiger partial charge < -0.3 is 5.32 Å². The third-order valence-corrected chi connectivity index (χ3v) is 7.58. The molecule has 0 aromatic heterocycles. The summed E-state index contributed by atoms with van der Waals surface area (Å²) in [7, 11) is -3.23. The van der Waals surface area contributed by atoms with Crippen molar-refractivity contribution >= 4 is 15.9 Å². The second-order valence-electron chi connectivity index (χ2n) is 7.17. The predicted molar refractivity (Wildman–Crippen MR) is 85.8 cm³/mol. The number of carbonyl (C=O) groups excluding carboxylic acids is 1. The summed E-state index contributed by atoms with van der Waals surface area (Å²) < 4.78 is 27.2. The highest BCUT2D eigenvalue weighted by molar-refractivity contribution is 7.90. The molecule has 2 N–H and O–H groups in total. The van der Waals surface area contributed by atoms with E-state index in [1.54, 1.807) is 0 Å². The summed E-state index contributed by atoms with van der Waals surface area (Å²) in [6.07, 6.45) is 10.4. The van der Waals surface area contributed by atoms with Gasteiger partial charge in [0.05, 0.1) is 5.25 Å². The topological polar surface area (TPSA) is 75.3 Å². The first-order chi connectivity index (χ1) is 10.6. The SMILES string of the molecule is O=C(CCNS(=O)(=O)C1C2CCCCC21)NC1CCCCC1. The van der Waals surface area contributed by atoms with Crippen LogP contribution >= 0.6 is 0 Å². The molecule has 0 bridgehead atoms. The lowest BCUT2D eigenvalue weighted by Crippen LogP contribution is -2.38. The minimum atomic E-state index is -3.23. The average molecular weight is 328 g/mol. The van der Waals surface area contributed by atoms with Gasteiger partial charge in [-0.25, -0.2) is 13.1 Å². The molecular formula is C16H28N2O3S. The van der Waals surface area contributed by atoms with E-state index in [0.717, 1.165) is 38.5 Å². The summed E-state index contributed by atoms with van der Waals surface area (Å²) in [5.41, 5.74) is 0. The number of amides is 1. The van der Waals surface area contributed by atoms with Gasteiger partial charge in [-0.1, -0.05) is 32.1 Å². The first-order valence-electron chi connectivity index (χ1n) is 8.86. The molecule has 6 heteroatoms. The Morgan fingerprint density at radius 1 is 0.909 bits per heavy atom. The van der Waals surface area contributed by atoms with Gasteiger partial charge >= 0.3 is 0 Å². The smallest absolute Gasteiger partial charge is 0.221 e. The molecule has 3 rings (SSSR count). The fourth-order valence-corrected chi connectivity index (χ4v) is 6.42. The van der Waals surface area contributed by atoms with Gasteiger partial charge in [0, 0.05) is 19.0 Å². The van der Waals surface area contributed by atoms with Crippen LogP contribution in [0.5, 0.6) is 0 Å². The van der Waals surface area contributed by atoms with E-state index >= 15 is 0 Å². The minimum absolute atomic E-state index is 0.0252. The maximum absolute atomic E-state index is 12.3. The van der Waals surface area contributed by atoms with Crippen LogP contribution in [-0.2, 0) is 14.8 Å². The third-order valence-electron chi connectivity index (χ3n) is 5.56. The Bertz CT molecular complexity index is 488. The number of carbonyl (C=O) groups is 1. The van der Waals surface area contributed by atoms with Crippen molar-refractivity contribution in [1.29, 1.82) is 0 Å². The molecule has 0 aliphatic heterocycles. The van der Waals surface area contributed by atoms with Crippen LogP contribution in [0.25, 0.3) is 0 Å². The van der Waals surface area contributed by atoms with Gasteiger partial charge in [0.15, 0.2) is 0 Å². The molecule has 126 valence electrons. The van der Waals surface area contributed by atoms with Crippen molar-refractivity contribution in [3.63, 3.8) is 0 Å². The number of hydrogen-bond donors (Lipinski definition) is 2. The Hall–Kier alpha value is -0.620. The van der Waals surface area contributed by atoms with E-state index in [0.29, 0.717) is 17.9 Å². The highest BCUT2D eigenvalue weighted by Gasteiger charge is 2.57. The summed E-state index contributed by atoms with van der Waals surface area (Å²) >= 11 is 0. The number of sulfonamides is 1. The Morgan fingerprint density at radius 3 is 2.14 bits per heavy atom. The van der Waals surface area contributed by atoms with Gasteiger partial charge in [-0.15, -0.1) is 0 Å². The van der Waals surface area contributed by atoms with Crippen molar-refractivity contribution in [3.8, 4) is 0 Å². The van der Waals surface area contributed by atoms with Crippen LogP contribution in [0.15, 0.2) is 0 Å². The molecule has 22 heavy (non-hydrogen) atoms. The zero-order valence-electron chi connectivity index (χ0n) is 13.2. The molecule has 5 nitrogen and oxygen atoms in total. The lowest BCUT2D eigenvalue weighted by molar-refractivity contribution is -0.121. The molecule has 0 aromatic carbocycles. The Balaban J connectivity index is 1.38. The molecule has 0 spiro atoms. The third kappa shape index (κ3) is 3.82. The van der Waals surface area contributed by atoms with Gasteiger partial charge in [0.1, 0.15) is 0 Å². The van der Waals surface area contributed by atoms with Crippen LogP contribution < -0.4 is 10.0 Å². The van der Waals surface area contributed by atoms with Crippen molar-refractivity contribution in [3.05, 3.63) is 0 Å². The molecule has 2 unspecified atom stereocenters. The Morgan fingerprint density at radius 2 is 1.50 bits per heavy atom. The molecule has 0 saturated heterocycles. The summed E-state index contributed by atoms with van der Waals surface area (Å²) in [4.78, 5) is 11.9. The zero-order chi connectivity index (χ0) is 15.6. The van der Waals surface area contributed by atoms with E-state index in [4.69, 9.17) is 0 Å². The number of hydrogen-bond acceptors (Lipinski definition) is 3. The predicted octanol–water partition coefficient (Wildman–Crippen LogP) is 1.93. The van der Waals surface area contributed by atoms with Crippen molar-refractivity contribution in [2.24, 2.45) is 11.8 Å². The molecule has 0 heterocycles. The van der Waals surface area contributed by atoms with Gasteiger partial charge in [0.2, 0.25) is 15.9 Å². The van der Waals surface area contributed by atoms with E-state index in [2.05, 4.69) is 10.0 Å². The monoisotopic (exact) mass is 328 g/mol. The molecule has 0 radical (unpaired) electrons. The Labute approximate surface area is 133 Å². The van der Waals surface area contributed by atoms with Crippen molar-refractivity contribution in [2.75, 3.05) is 6.54 Å². The first kappa shape index (κ1) is 16.2. The molecule has 1 amide bonds. The summed E-state index contributed by atoms with van der Waals surface area (Å²) in [5, 5.41) is 2.84. The fraction of sp³-hybridized carbons (Fsp3) is 0.938. The number of rotatable bonds is 6. The first-order valence-corrected chi connectivity index (χ1v) is 10.4. The molecule has 3 fully saturated rings. The van der Waals surface area contributed by atoms with Gasteiger partial charge in [-0.3, -0.25) is 4.79 Å². The molecule has 2 atom stereocenters. The maximum atomic E-state index is 12.3. The van der Waals surface area contributed by atoms with Crippen LogP contribution in [0.2, 0.25) is 0 Å². The molecule has 0 aromatic rings. The van der Waals surface area contributed by atoms with Crippen molar-refractivity contribution in [1.82, 2.24) is 10.0 Å². The summed E-state index contributed by atoms with van der Waals surface area (Å²) in [5.74, 6) is 0.729. The van der Waals surface area contributed by atoms with E-state index in [-0.39, 0.29) is 24.1 Å². The van der Waals surface area contributed by atoms with E-state index in [1.807, 2.05) is 0 Å². The van der Waals surface area contributed by atoms with E-state index in [9.17, 15) is 13.2 Å². The van der Waals surface area contributed by atoms with Gasteiger partial charge in [-0.05, 0) is 37.5 Å². The minimum Gasteiger partial charge on any atom is -0.353 e. The average Bonchev–Trinajstić information content (AvgIpc) is 3.23. The van der Waals surface area contributed by atoms with Crippen LogP contribution in [-0.4, -0.2) is 32.2 Å². The van der Waals surface area contributed by atoms with Crippen LogP contribution in [0, 0.1) is 11.8 Å². The quantitative estimate of drug-likeness (QED) is 0.782. The van der Waals surface area contributed by atoms with E-state index in [1.165, 1.54) is 19.3 Å². The molecule has 3 saturated carbocycles. The number of fused-ring (bicyclic) bond motifs is 1. The highest BCUT2D eigenvalue weighted by atomic mass is 32.2. The lowest BCUT2D eigenvalue weighted by atomic mass is 9.95. The Kier molecular flexibility index (Phi) is 5.07. The highest BCUT2D eigenvalue weighted by Crippen LogP contribution is 2.53. The zero-order valence-corrected chi connectivity index (χ0v) is 14.0. The standard InChI is InChI=1S/C16H28N2O3S/c19-15(18-12-6-2-1-3-7-12)10-11-17-22(20,21)16-13-8-4-5-9-14(13)16/h12-14,16-17H,1-11H2,(H,18,19). The molecule has 3 aliphatic carbocycles. The molecule has 3 aliphatic rings. The maximum Gasteiger partial charge on any atom is 0.221 e. The number of nitrogens with one attached hydrogen (secondary N) is 2. The van der Waals surface area contributed by atoms with Crippen molar-refractivity contribution in [2.45, 2.75) is 75.5 Å². The lowest BCUT2D eigenvalue weighted by Gasteiger charge is -2.22. The second kappa shape index (κ2) is 6.87.